The van der Waals surface area contributed by atoms with E-state index in [2.05, 4.69) is 20.7 Å². The van der Waals surface area contributed by atoms with Gasteiger partial charge in [-0.3, -0.25) is 0 Å². The molecule has 0 unspecified atom stereocenters. The molecule has 0 aliphatic heterocycles. The van der Waals surface area contributed by atoms with Gasteiger partial charge in [0, 0.05) is 17.6 Å². The number of nitrogens with two attached hydrogens (primary N) is 1. The summed E-state index contributed by atoms with van der Waals surface area (Å²) in [7, 11) is -3.46. The Kier molecular flexibility index (Phi) is 4.41. The summed E-state index contributed by atoms with van der Waals surface area (Å²) in [5, 5.41) is 0. The molecule has 3 N–H and O–H groups in total. The van der Waals surface area contributed by atoms with Crippen LogP contribution in [-0.4, -0.2) is 15.0 Å². The lowest BCUT2D eigenvalue weighted by Gasteiger charge is -2.17. The monoisotopic (exact) mass is 372 g/mol. The van der Waals surface area contributed by atoms with E-state index in [1.807, 2.05) is 0 Å². The van der Waals surface area contributed by atoms with E-state index >= 15 is 0 Å². The fourth-order valence-electron chi connectivity index (χ4n) is 2.94. The van der Waals surface area contributed by atoms with Crippen molar-refractivity contribution < 1.29 is 8.42 Å². The molecule has 0 radical (unpaired) electrons. The van der Waals surface area contributed by atoms with Crippen molar-refractivity contribution in [1.82, 2.24) is 4.72 Å². The van der Waals surface area contributed by atoms with Crippen molar-refractivity contribution in [3.05, 3.63) is 28.2 Å². The van der Waals surface area contributed by atoms with E-state index in [0.29, 0.717) is 28.4 Å². The SMILES string of the molecule is NCc1ccc(S(=O)(=O)NCC(C2CC2)C2CC2)c(Br)c1. The quantitative estimate of drug-likeness (QED) is 0.772. The number of rotatable bonds is 7. The first kappa shape index (κ1) is 15.5. The van der Waals surface area contributed by atoms with Crippen LogP contribution in [0.1, 0.15) is 31.2 Å². The zero-order chi connectivity index (χ0) is 15.0. The third-order valence-electron chi connectivity index (χ3n) is 4.49. The highest BCUT2D eigenvalue weighted by atomic mass is 79.9. The van der Waals surface area contributed by atoms with Gasteiger partial charge in [-0.05, 0) is 77.1 Å². The lowest BCUT2D eigenvalue weighted by atomic mass is 9.99. The first-order chi connectivity index (χ1) is 10.0. The second kappa shape index (κ2) is 5.99. The zero-order valence-electron chi connectivity index (χ0n) is 11.9. The minimum atomic E-state index is -3.46. The molecule has 0 heterocycles. The summed E-state index contributed by atoms with van der Waals surface area (Å²) in [6.07, 6.45) is 5.05. The maximum Gasteiger partial charge on any atom is 0.241 e. The third kappa shape index (κ3) is 3.67. The maximum atomic E-state index is 12.5. The van der Waals surface area contributed by atoms with Crippen LogP contribution in [0.4, 0.5) is 0 Å². The van der Waals surface area contributed by atoms with Crippen LogP contribution in [0.15, 0.2) is 27.6 Å². The molecule has 2 aliphatic rings. The van der Waals surface area contributed by atoms with Crippen LogP contribution in [0, 0.1) is 17.8 Å². The second-order valence-electron chi connectivity index (χ2n) is 6.16. The molecular formula is C15H21BrN2O2S. The van der Waals surface area contributed by atoms with Gasteiger partial charge in [0.15, 0.2) is 0 Å². The van der Waals surface area contributed by atoms with Crippen molar-refractivity contribution >= 4 is 26.0 Å². The standard InChI is InChI=1S/C15H21BrN2O2S/c16-14-7-10(8-17)1-6-15(14)21(19,20)18-9-13(11-2-3-11)12-4-5-12/h1,6-7,11-13,18H,2-5,8-9,17H2. The van der Waals surface area contributed by atoms with Gasteiger partial charge in [0.1, 0.15) is 0 Å². The molecule has 6 heteroatoms. The number of nitrogens with one attached hydrogen (secondary N) is 1. The predicted octanol–water partition coefficient (Wildman–Crippen LogP) is 2.62. The Hall–Kier alpha value is -0.430. The highest BCUT2D eigenvalue weighted by molar-refractivity contribution is 9.10. The molecule has 3 rings (SSSR count). The Morgan fingerprint density at radius 2 is 1.86 bits per heavy atom. The Labute approximate surface area is 134 Å². The van der Waals surface area contributed by atoms with E-state index < -0.39 is 10.0 Å². The normalized spacial score (nSPS) is 19.2. The lowest BCUT2D eigenvalue weighted by molar-refractivity contribution is 0.401. The summed E-state index contributed by atoms with van der Waals surface area (Å²) in [4.78, 5) is 0.296. The largest absolute Gasteiger partial charge is 0.326 e. The molecule has 0 bridgehead atoms. The van der Waals surface area contributed by atoms with Gasteiger partial charge in [-0.2, -0.15) is 0 Å². The molecule has 0 aromatic heterocycles. The van der Waals surface area contributed by atoms with Crippen molar-refractivity contribution in [2.24, 2.45) is 23.5 Å². The molecule has 116 valence electrons. The van der Waals surface area contributed by atoms with Gasteiger partial charge < -0.3 is 5.73 Å². The molecule has 2 saturated carbocycles. The molecule has 2 fully saturated rings. The molecule has 0 atom stereocenters. The predicted molar refractivity (Wildman–Crippen MR) is 86.2 cm³/mol. The van der Waals surface area contributed by atoms with Gasteiger partial charge >= 0.3 is 0 Å². The van der Waals surface area contributed by atoms with Gasteiger partial charge in [-0.1, -0.05) is 6.07 Å². The van der Waals surface area contributed by atoms with E-state index in [1.165, 1.54) is 25.7 Å². The second-order valence-corrected chi connectivity index (χ2v) is 8.75. The summed E-state index contributed by atoms with van der Waals surface area (Å²) in [5.74, 6) is 2.01. The van der Waals surface area contributed by atoms with E-state index in [-0.39, 0.29) is 0 Å². The minimum absolute atomic E-state index is 0.296. The molecule has 0 saturated heterocycles. The van der Waals surface area contributed by atoms with Crippen LogP contribution in [0.5, 0.6) is 0 Å². The molecule has 4 nitrogen and oxygen atoms in total. The highest BCUT2D eigenvalue weighted by Gasteiger charge is 2.41. The Bertz CT molecular complexity index is 613. The maximum absolute atomic E-state index is 12.5. The number of benzene rings is 1. The van der Waals surface area contributed by atoms with E-state index in [9.17, 15) is 8.42 Å². The van der Waals surface area contributed by atoms with Crippen LogP contribution in [0.3, 0.4) is 0 Å². The van der Waals surface area contributed by atoms with Gasteiger partial charge in [-0.15, -0.1) is 0 Å². The van der Waals surface area contributed by atoms with Crippen LogP contribution in [-0.2, 0) is 16.6 Å². The smallest absolute Gasteiger partial charge is 0.241 e. The molecule has 1 aromatic rings. The average molecular weight is 373 g/mol. The molecule has 1 aromatic carbocycles. The summed E-state index contributed by atoms with van der Waals surface area (Å²) in [6, 6.07) is 5.16. The van der Waals surface area contributed by atoms with Crippen molar-refractivity contribution in [2.45, 2.75) is 37.1 Å². The first-order valence-electron chi connectivity index (χ1n) is 7.49. The van der Waals surface area contributed by atoms with Crippen molar-refractivity contribution in [1.29, 1.82) is 0 Å². The fourth-order valence-corrected chi connectivity index (χ4v) is 5.14. The van der Waals surface area contributed by atoms with Gasteiger partial charge in [0.25, 0.3) is 0 Å². The van der Waals surface area contributed by atoms with Crippen LogP contribution >= 0.6 is 15.9 Å². The summed E-state index contributed by atoms with van der Waals surface area (Å²) >= 11 is 3.34. The molecule has 21 heavy (non-hydrogen) atoms. The van der Waals surface area contributed by atoms with Crippen molar-refractivity contribution in [2.75, 3.05) is 6.54 Å². The van der Waals surface area contributed by atoms with E-state index in [4.69, 9.17) is 5.73 Å². The Balaban J connectivity index is 1.71. The van der Waals surface area contributed by atoms with Gasteiger partial charge in [0.05, 0.1) is 4.90 Å². The first-order valence-corrected chi connectivity index (χ1v) is 9.77. The Morgan fingerprint density at radius 3 is 2.33 bits per heavy atom. The number of hydrogen-bond acceptors (Lipinski definition) is 3. The Morgan fingerprint density at radius 1 is 1.24 bits per heavy atom. The number of sulfonamides is 1. The van der Waals surface area contributed by atoms with Crippen LogP contribution in [0.25, 0.3) is 0 Å². The highest BCUT2D eigenvalue weighted by Crippen LogP contribution is 2.48. The lowest BCUT2D eigenvalue weighted by Crippen LogP contribution is -2.31. The van der Waals surface area contributed by atoms with Crippen LogP contribution in [0.2, 0.25) is 0 Å². The van der Waals surface area contributed by atoms with Crippen LogP contribution < -0.4 is 10.5 Å². The zero-order valence-corrected chi connectivity index (χ0v) is 14.3. The molecule has 0 amide bonds. The summed E-state index contributed by atoms with van der Waals surface area (Å²) in [6.45, 7) is 0.973. The molecular weight excluding hydrogens is 352 g/mol. The summed E-state index contributed by atoms with van der Waals surface area (Å²) in [5.41, 5.74) is 6.48. The van der Waals surface area contributed by atoms with E-state index in [0.717, 1.165) is 17.4 Å². The number of halogens is 1. The van der Waals surface area contributed by atoms with Crippen molar-refractivity contribution in [3.63, 3.8) is 0 Å². The fraction of sp³-hybridized carbons (Fsp3) is 0.600. The van der Waals surface area contributed by atoms with Gasteiger partial charge in [-0.25, -0.2) is 13.1 Å². The molecule has 2 aliphatic carbocycles. The van der Waals surface area contributed by atoms with Crippen molar-refractivity contribution in [3.8, 4) is 0 Å². The molecule has 0 spiro atoms. The minimum Gasteiger partial charge on any atom is -0.326 e. The summed E-state index contributed by atoms with van der Waals surface area (Å²) < 4.78 is 28.3. The van der Waals surface area contributed by atoms with Gasteiger partial charge in [0.2, 0.25) is 10.0 Å². The topological polar surface area (TPSA) is 72.2 Å². The average Bonchev–Trinajstić information content (AvgIpc) is 3.31. The van der Waals surface area contributed by atoms with E-state index in [1.54, 1.807) is 18.2 Å². The third-order valence-corrected chi connectivity index (χ3v) is 6.89. The number of hydrogen-bond donors (Lipinski definition) is 2.